The van der Waals surface area contributed by atoms with Crippen LogP contribution in [0.15, 0.2) is 67.9 Å². The Kier molecular flexibility index (Phi) is 8.25. The van der Waals surface area contributed by atoms with E-state index < -0.39 is 15.6 Å². The van der Waals surface area contributed by atoms with E-state index in [9.17, 15) is 23.3 Å². The van der Waals surface area contributed by atoms with Gasteiger partial charge in [-0.05, 0) is 49.2 Å². The number of benzene rings is 2. The minimum absolute atomic E-state index is 0.0531. The third-order valence-corrected chi connectivity index (χ3v) is 8.87. The van der Waals surface area contributed by atoms with Gasteiger partial charge in [0.25, 0.3) is 5.56 Å². The highest BCUT2D eigenvalue weighted by atomic mass is 79.9. The smallest absolute Gasteiger partial charge is 0.270 e. The highest BCUT2D eigenvalue weighted by molar-refractivity contribution is 9.10. The maximum Gasteiger partial charge on any atom is 0.270 e. The molecule has 0 bridgehead atoms. The number of carbonyl (C=O) groups excluding carboxylic acids is 1. The Morgan fingerprint density at radius 2 is 1.78 bits per heavy atom. The number of H-pyrrole nitrogens is 1. The summed E-state index contributed by atoms with van der Waals surface area (Å²) in [6.07, 6.45) is 2.75. The van der Waals surface area contributed by atoms with Gasteiger partial charge in [-0.3, -0.25) is 9.59 Å². The predicted molar refractivity (Wildman–Crippen MR) is 141 cm³/mol. The predicted octanol–water partition coefficient (Wildman–Crippen LogP) is 3.98. The minimum atomic E-state index is -3.54. The van der Waals surface area contributed by atoms with Gasteiger partial charge in [0.05, 0.1) is 16.3 Å². The Hall–Kier alpha value is -2.98. The number of nitrogens with one attached hydrogen (secondary N) is 2. The number of sulfonamides is 1. The van der Waals surface area contributed by atoms with Gasteiger partial charge in [0, 0.05) is 28.8 Å². The molecule has 1 amide bonds. The van der Waals surface area contributed by atoms with Gasteiger partial charge in [-0.2, -0.15) is 9.57 Å². The first kappa shape index (κ1) is 26.1. The van der Waals surface area contributed by atoms with Crippen molar-refractivity contribution in [2.45, 2.75) is 29.3 Å². The van der Waals surface area contributed by atoms with Crippen molar-refractivity contribution >= 4 is 49.3 Å². The van der Waals surface area contributed by atoms with Gasteiger partial charge in [-0.15, -0.1) is 0 Å². The summed E-state index contributed by atoms with van der Waals surface area (Å²) in [5.74, 6) is -0.411. The second kappa shape index (κ2) is 11.4. The molecule has 1 aromatic heterocycles. The molecule has 1 fully saturated rings. The lowest BCUT2D eigenvalue weighted by atomic mass is 10.1. The van der Waals surface area contributed by atoms with Gasteiger partial charge in [0.2, 0.25) is 15.9 Å². The molecule has 0 unspecified atom stereocenters. The lowest BCUT2D eigenvalue weighted by Gasteiger charge is -2.25. The summed E-state index contributed by atoms with van der Waals surface area (Å²) in [4.78, 5) is 32.0. The third kappa shape index (κ3) is 6.04. The summed E-state index contributed by atoms with van der Waals surface area (Å²) in [5.41, 5.74) is 0.605. The van der Waals surface area contributed by atoms with Crippen molar-refractivity contribution in [1.82, 2.24) is 14.3 Å². The molecule has 0 radical (unpaired) electrons. The number of hydrogen-bond acceptors (Lipinski definition) is 7. The first-order valence-electron chi connectivity index (χ1n) is 11.1. The maximum absolute atomic E-state index is 12.8. The minimum Gasteiger partial charge on any atom is -0.325 e. The Labute approximate surface area is 221 Å². The van der Waals surface area contributed by atoms with Crippen LogP contribution >= 0.6 is 27.7 Å². The Morgan fingerprint density at radius 3 is 2.42 bits per heavy atom. The highest BCUT2D eigenvalue weighted by Gasteiger charge is 2.25. The molecular formula is C24H22BrN5O4S2. The number of rotatable bonds is 7. The number of anilines is 1. The van der Waals surface area contributed by atoms with Gasteiger partial charge in [-0.1, -0.05) is 46.2 Å². The summed E-state index contributed by atoms with van der Waals surface area (Å²) in [5, 5.41) is 12.3. The Morgan fingerprint density at radius 1 is 1.11 bits per heavy atom. The van der Waals surface area contributed by atoms with Crippen LogP contribution in [-0.4, -0.2) is 47.4 Å². The van der Waals surface area contributed by atoms with Crippen LogP contribution in [0.1, 0.15) is 24.8 Å². The molecule has 36 heavy (non-hydrogen) atoms. The molecule has 1 aliphatic heterocycles. The van der Waals surface area contributed by atoms with Gasteiger partial charge in [0.15, 0.2) is 5.16 Å². The highest BCUT2D eigenvalue weighted by Crippen LogP contribution is 2.25. The molecule has 0 atom stereocenters. The molecule has 12 heteroatoms. The van der Waals surface area contributed by atoms with E-state index in [1.165, 1.54) is 16.4 Å². The lowest BCUT2D eigenvalue weighted by molar-refractivity contribution is -0.113. The number of amides is 1. The number of hydrogen-bond donors (Lipinski definition) is 2. The van der Waals surface area contributed by atoms with Crippen molar-refractivity contribution < 1.29 is 13.2 Å². The lowest BCUT2D eigenvalue weighted by Crippen LogP contribution is -2.35. The van der Waals surface area contributed by atoms with Crippen molar-refractivity contribution in [2.24, 2.45) is 0 Å². The van der Waals surface area contributed by atoms with Crippen molar-refractivity contribution in [3.05, 3.63) is 68.9 Å². The average molecular weight is 589 g/mol. The van der Waals surface area contributed by atoms with Crippen LogP contribution in [0, 0.1) is 11.3 Å². The standard InChI is InChI=1S/C24H22BrN5O4S2/c25-17-6-4-16(5-7-17)22-20(14-26)23(32)29-24(28-22)35-15-21(31)27-18-8-10-19(11-9-18)36(33,34)30-12-2-1-3-13-30/h4-11H,1-3,12-13,15H2,(H,27,31)(H,28,29,32). The normalized spacial score (nSPS) is 14.2. The van der Waals surface area contributed by atoms with Crippen molar-refractivity contribution in [2.75, 3.05) is 24.2 Å². The largest absolute Gasteiger partial charge is 0.325 e. The van der Waals surface area contributed by atoms with E-state index in [2.05, 4.69) is 31.2 Å². The summed E-state index contributed by atoms with van der Waals surface area (Å²) in [6.45, 7) is 1.04. The molecule has 1 saturated heterocycles. The second-order valence-electron chi connectivity index (χ2n) is 8.04. The van der Waals surface area contributed by atoms with Gasteiger partial charge >= 0.3 is 0 Å². The summed E-state index contributed by atoms with van der Waals surface area (Å²) < 4.78 is 27.9. The molecular weight excluding hydrogens is 566 g/mol. The van der Waals surface area contributed by atoms with E-state index in [0.29, 0.717) is 24.3 Å². The van der Waals surface area contributed by atoms with Crippen molar-refractivity contribution in [3.8, 4) is 17.3 Å². The van der Waals surface area contributed by atoms with E-state index >= 15 is 0 Å². The van der Waals surface area contributed by atoms with E-state index in [0.717, 1.165) is 35.5 Å². The molecule has 0 aliphatic carbocycles. The number of aromatic nitrogens is 2. The Balaban J connectivity index is 1.42. The van der Waals surface area contributed by atoms with Crippen LogP contribution in [0.4, 0.5) is 5.69 Å². The zero-order chi connectivity index (χ0) is 25.7. The average Bonchev–Trinajstić information content (AvgIpc) is 2.88. The van der Waals surface area contributed by atoms with Crippen LogP contribution < -0.4 is 10.9 Å². The fraction of sp³-hybridized carbons (Fsp3) is 0.250. The number of carbonyl (C=O) groups is 1. The summed E-state index contributed by atoms with van der Waals surface area (Å²) in [7, 11) is -3.54. The first-order valence-corrected chi connectivity index (χ1v) is 14.3. The zero-order valence-electron chi connectivity index (χ0n) is 19.0. The third-order valence-electron chi connectivity index (χ3n) is 5.56. The topological polar surface area (TPSA) is 136 Å². The van der Waals surface area contributed by atoms with Crippen LogP contribution in [0.3, 0.4) is 0 Å². The molecule has 3 aromatic rings. The number of aromatic amines is 1. The number of piperidine rings is 1. The van der Waals surface area contributed by atoms with Crippen molar-refractivity contribution in [1.29, 1.82) is 5.26 Å². The van der Waals surface area contributed by atoms with Crippen molar-refractivity contribution in [3.63, 3.8) is 0 Å². The molecule has 2 aromatic carbocycles. The number of nitriles is 1. The van der Waals surface area contributed by atoms with Crippen LogP contribution in [-0.2, 0) is 14.8 Å². The molecule has 1 aliphatic rings. The number of thioether (sulfide) groups is 1. The summed E-state index contributed by atoms with van der Waals surface area (Å²) in [6, 6.07) is 15.0. The van der Waals surface area contributed by atoms with E-state index in [-0.39, 0.29) is 33.0 Å². The fourth-order valence-corrected chi connectivity index (χ4v) is 6.18. The fourth-order valence-electron chi connectivity index (χ4n) is 3.74. The monoisotopic (exact) mass is 587 g/mol. The Bertz CT molecular complexity index is 1460. The van der Waals surface area contributed by atoms with E-state index in [1.54, 1.807) is 36.4 Å². The summed E-state index contributed by atoms with van der Waals surface area (Å²) >= 11 is 4.37. The van der Waals surface area contributed by atoms with Gasteiger partial charge < -0.3 is 10.3 Å². The SMILES string of the molecule is N#Cc1c(-c2ccc(Br)cc2)nc(SCC(=O)Nc2ccc(S(=O)(=O)N3CCCCC3)cc2)[nH]c1=O. The quantitative estimate of drug-likeness (QED) is 0.315. The molecule has 4 rings (SSSR count). The number of nitrogens with zero attached hydrogens (tertiary/aromatic N) is 3. The molecule has 2 N–H and O–H groups in total. The molecule has 0 spiro atoms. The van der Waals surface area contributed by atoms with E-state index in [1.807, 2.05) is 6.07 Å². The molecule has 0 saturated carbocycles. The van der Waals surface area contributed by atoms with E-state index in [4.69, 9.17) is 0 Å². The molecule has 9 nitrogen and oxygen atoms in total. The second-order valence-corrected chi connectivity index (χ2v) is 11.9. The number of halogens is 1. The maximum atomic E-state index is 12.8. The van der Waals surface area contributed by atoms with Crippen LogP contribution in [0.25, 0.3) is 11.3 Å². The van der Waals surface area contributed by atoms with Crippen LogP contribution in [0.5, 0.6) is 0 Å². The van der Waals surface area contributed by atoms with Crippen LogP contribution in [0.2, 0.25) is 0 Å². The van der Waals surface area contributed by atoms with Gasteiger partial charge in [0.1, 0.15) is 11.6 Å². The van der Waals surface area contributed by atoms with Gasteiger partial charge in [-0.25, -0.2) is 13.4 Å². The zero-order valence-corrected chi connectivity index (χ0v) is 22.2. The molecule has 2 heterocycles. The first-order chi connectivity index (χ1) is 17.3. The molecule has 186 valence electrons.